The summed E-state index contributed by atoms with van der Waals surface area (Å²) in [4.78, 5) is 34.5. The Bertz CT molecular complexity index is 513. The molecule has 1 saturated heterocycles. The minimum absolute atomic E-state index is 0.0306. The zero-order valence-electron chi connectivity index (χ0n) is 12.8. The van der Waals surface area contributed by atoms with Crippen molar-refractivity contribution in [3.8, 4) is 0 Å². The molecule has 0 spiro atoms. The fourth-order valence-corrected chi connectivity index (χ4v) is 2.38. The predicted octanol–water partition coefficient (Wildman–Crippen LogP) is 1.05. The van der Waals surface area contributed by atoms with Crippen LogP contribution in [-0.4, -0.2) is 39.3 Å². The summed E-state index contributed by atoms with van der Waals surface area (Å²) in [7, 11) is 0. The molecule has 1 atom stereocenters. The number of hydrogen-bond acceptors (Lipinski definition) is 4. The van der Waals surface area contributed by atoms with E-state index < -0.39 is 6.04 Å². The first-order valence-electron chi connectivity index (χ1n) is 7.31. The first-order chi connectivity index (χ1) is 9.95. The second-order valence-corrected chi connectivity index (χ2v) is 5.91. The zero-order valence-corrected chi connectivity index (χ0v) is 12.8. The van der Waals surface area contributed by atoms with Gasteiger partial charge in [-0.1, -0.05) is 13.8 Å². The maximum atomic E-state index is 12.6. The number of hydrogen-bond donors (Lipinski definition) is 1. The summed E-state index contributed by atoms with van der Waals surface area (Å²) < 4.78 is 0. The summed E-state index contributed by atoms with van der Waals surface area (Å²) in [6, 6.07) is -0.432. The molecule has 0 aliphatic carbocycles. The van der Waals surface area contributed by atoms with E-state index >= 15 is 0 Å². The molecule has 2 amide bonds. The molecule has 1 N–H and O–H groups in total. The average molecular weight is 290 g/mol. The normalized spacial score (nSPS) is 19.6. The van der Waals surface area contributed by atoms with Crippen LogP contribution in [0.2, 0.25) is 0 Å². The number of carbonyl (C=O) groups is 2. The highest BCUT2D eigenvalue weighted by molar-refractivity contribution is 5.89. The first kappa shape index (κ1) is 15.4. The van der Waals surface area contributed by atoms with Crippen LogP contribution in [0.3, 0.4) is 0 Å². The lowest BCUT2D eigenvalue weighted by molar-refractivity contribution is -0.134. The summed E-state index contributed by atoms with van der Waals surface area (Å²) in [5.74, 6) is 0.252. The number of aryl methyl sites for hydroxylation is 1. The molecule has 0 aromatic carbocycles. The Kier molecular flexibility index (Phi) is 4.88. The number of aromatic nitrogens is 2. The van der Waals surface area contributed by atoms with Crippen molar-refractivity contribution >= 4 is 11.8 Å². The predicted molar refractivity (Wildman–Crippen MR) is 78.2 cm³/mol. The molecule has 0 bridgehead atoms. The van der Waals surface area contributed by atoms with E-state index in [2.05, 4.69) is 15.3 Å². The third-order valence-corrected chi connectivity index (χ3v) is 3.45. The van der Waals surface area contributed by atoms with Gasteiger partial charge >= 0.3 is 0 Å². The molecular formula is C15H22N4O2. The first-order valence-corrected chi connectivity index (χ1v) is 7.31. The molecular weight excluding hydrogens is 268 g/mol. The fourth-order valence-electron chi connectivity index (χ4n) is 2.38. The van der Waals surface area contributed by atoms with Gasteiger partial charge in [0.2, 0.25) is 11.8 Å². The highest BCUT2D eigenvalue weighted by Crippen LogP contribution is 2.13. The molecule has 21 heavy (non-hydrogen) atoms. The third-order valence-electron chi connectivity index (χ3n) is 3.45. The van der Waals surface area contributed by atoms with Crippen LogP contribution in [0, 0.1) is 12.8 Å². The van der Waals surface area contributed by atoms with Crippen LogP contribution < -0.4 is 5.32 Å². The molecule has 2 rings (SSSR count). The molecule has 1 aliphatic heterocycles. The standard InChI is InChI=1S/C15H22N4O2/c1-10(2)6-13-15(21)19(5-4-14(20)18-13)9-12-8-16-11(3)7-17-12/h7-8,10,13H,4-6,9H2,1-3H3,(H,18,20). The van der Waals surface area contributed by atoms with Gasteiger partial charge < -0.3 is 10.2 Å². The molecule has 114 valence electrons. The van der Waals surface area contributed by atoms with Crippen LogP contribution in [0.15, 0.2) is 12.4 Å². The molecule has 1 unspecified atom stereocenters. The molecule has 1 aromatic heterocycles. The van der Waals surface area contributed by atoms with Crippen LogP contribution in [0.4, 0.5) is 0 Å². The van der Waals surface area contributed by atoms with Crippen molar-refractivity contribution in [3.05, 3.63) is 23.8 Å². The molecule has 1 fully saturated rings. The van der Waals surface area contributed by atoms with Gasteiger partial charge in [-0.15, -0.1) is 0 Å². The fraction of sp³-hybridized carbons (Fsp3) is 0.600. The Morgan fingerprint density at radius 3 is 2.71 bits per heavy atom. The highest BCUT2D eigenvalue weighted by atomic mass is 16.2. The van der Waals surface area contributed by atoms with Gasteiger partial charge in [0.05, 0.1) is 24.1 Å². The monoisotopic (exact) mass is 290 g/mol. The lowest BCUT2D eigenvalue weighted by Gasteiger charge is -2.24. The molecule has 2 heterocycles. The van der Waals surface area contributed by atoms with Crippen LogP contribution in [-0.2, 0) is 16.1 Å². The zero-order chi connectivity index (χ0) is 15.4. The van der Waals surface area contributed by atoms with Gasteiger partial charge in [-0.3, -0.25) is 19.6 Å². The molecule has 6 nitrogen and oxygen atoms in total. The topological polar surface area (TPSA) is 75.2 Å². The van der Waals surface area contributed by atoms with Gasteiger partial charge in [-0.2, -0.15) is 0 Å². The Morgan fingerprint density at radius 1 is 1.33 bits per heavy atom. The maximum absolute atomic E-state index is 12.6. The minimum Gasteiger partial charge on any atom is -0.344 e. The largest absolute Gasteiger partial charge is 0.344 e. The van der Waals surface area contributed by atoms with Crippen LogP contribution in [0.1, 0.15) is 38.1 Å². The summed E-state index contributed by atoms with van der Waals surface area (Å²) in [6.07, 6.45) is 4.35. The van der Waals surface area contributed by atoms with Gasteiger partial charge in [0.1, 0.15) is 6.04 Å². The Hall–Kier alpha value is -1.98. The minimum atomic E-state index is -0.432. The van der Waals surface area contributed by atoms with Gasteiger partial charge in [-0.05, 0) is 19.3 Å². The van der Waals surface area contributed by atoms with E-state index in [1.165, 1.54) is 0 Å². The summed E-state index contributed by atoms with van der Waals surface area (Å²) in [5.41, 5.74) is 1.59. The van der Waals surface area contributed by atoms with Gasteiger partial charge in [-0.25, -0.2) is 0 Å². The van der Waals surface area contributed by atoms with E-state index in [-0.39, 0.29) is 11.8 Å². The van der Waals surface area contributed by atoms with Gasteiger partial charge in [0.25, 0.3) is 0 Å². The van der Waals surface area contributed by atoms with Crippen LogP contribution >= 0.6 is 0 Å². The molecule has 0 saturated carbocycles. The summed E-state index contributed by atoms with van der Waals surface area (Å²) >= 11 is 0. The highest BCUT2D eigenvalue weighted by Gasteiger charge is 2.30. The number of nitrogens with one attached hydrogen (secondary N) is 1. The van der Waals surface area contributed by atoms with Crippen molar-refractivity contribution in [1.29, 1.82) is 0 Å². The van der Waals surface area contributed by atoms with Crippen molar-refractivity contribution in [2.45, 2.75) is 46.2 Å². The van der Waals surface area contributed by atoms with Crippen LogP contribution in [0.5, 0.6) is 0 Å². The lowest BCUT2D eigenvalue weighted by Crippen LogP contribution is -2.45. The van der Waals surface area contributed by atoms with E-state index in [0.29, 0.717) is 31.8 Å². The summed E-state index contributed by atoms with van der Waals surface area (Å²) in [5, 5.41) is 2.82. The molecule has 6 heteroatoms. The van der Waals surface area contributed by atoms with Crippen molar-refractivity contribution in [1.82, 2.24) is 20.2 Å². The number of carbonyl (C=O) groups excluding carboxylic acids is 2. The van der Waals surface area contributed by atoms with Crippen molar-refractivity contribution in [3.63, 3.8) is 0 Å². The Morgan fingerprint density at radius 2 is 2.10 bits per heavy atom. The lowest BCUT2D eigenvalue weighted by atomic mass is 10.0. The van der Waals surface area contributed by atoms with E-state index in [9.17, 15) is 9.59 Å². The molecule has 0 radical (unpaired) electrons. The number of nitrogens with zero attached hydrogens (tertiary/aromatic N) is 3. The number of amides is 2. The third kappa shape index (κ3) is 4.24. The summed E-state index contributed by atoms with van der Waals surface area (Å²) in [6.45, 7) is 6.78. The Balaban J connectivity index is 2.11. The van der Waals surface area contributed by atoms with Gasteiger partial charge in [0, 0.05) is 19.2 Å². The second kappa shape index (κ2) is 6.65. The smallest absolute Gasteiger partial charge is 0.245 e. The quantitative estimate of drug-likeness (QED) is 0.899. The van der Waals surface area contributed by atoms with E-state index in [1.54, 1.807) is 17.3 Å². The number of rotatable bonds is 4. The van der Waals surface area contributed by atoms with Crippen molar-refractivity contribution in [2.75, 3.05) is 6.54 Å². The van der Waals surface area contributed by atoms with Gasteiger partial charge in [0.15, 0.2) is 0 Å². The van der Waals surface area contributed by atoms with E-state index in [1.807, 2.05) is 20.8 Å². The molecule has 1 aromatic rings. The average Bonchev–Trinajstić information content (AvgIpc) is 2.54. The second-order valence-electron chi connectivity index (χ2n) is 5.91. The SMILES string of the molecule is Cc1cnc(CN2CCC(=O)NC(CC(C)C)C2=O)cn1. The molecule has 1 aliphatic rings. The maximum Gasteiger partial charge on any atom is 0.245 e. The van der Waals surface area contributed by atoms with E-state index in [0.717, 1.165) is 11.4 Å². The Labute approximate surface area is 125 Å². The van der Waals surface area contributed by atoms with E-state index in [4.69, 9.17) is 0 Å². The van der Waals surface area contributed by atoms with Crippen molar-refractivity contribution in [2.24, 2.45) is 5.92 Å². The van der Waals surface area contributed by atoms with Crippen molar-refractivity contribution < 1.29 is 9.59 Å². The van der Waals surface area contributed by atoms with Crippen LogP contribution in [0.25, 0.3) is 0 Å².